The molecule has 88 valence electrons. The van der Waals surface area contributed by atoms with Crippen LogP contribution in [0.4, 0.5) is 0 Å². The van der Waals surface area contributed by atoms with Gasteiger partial charge in [0, 0.05) is 6.54 Å². The number of carbonyl (C=O) groups is 1. The normalized spacial score (nSPS) is 11.2. The maximum Gasteiger partial charge on any atom is 0.291 e. The quantitative estimate of drug-likeness (QED) is 0.648. The lowest BCUT2D eigenvalue weighted by Crippen LogP contribution is -2.32. The van der Waals surface area contributed by atoms with Crippen LogP contribution < -0.4 is 5.32 Å². The first-order chi connectivity index (χ1) is 7.77. The second-order valence-corrected chi connectivity index (χ2v) is 4.00. The largest absolute Gasteiger partial charge is 0.465 e. The SMILES string of the molecule is CCCN=C(NC(=O)c1cccs1)OCC. The molecular weight excluding hydrogens is 224 g/mol. The fraction of sp³-hybridized carbons (Fsp3) is 0.455. The Balaban J connectivity index is 2.58. The van der Waals surface area contributed by atoms with Crippen molar-refractivity contribution in [3.63, 3.8) is 0 Å². The van der Waals surface area contributed by atoms with Crippen LogP contribution in [0.2, 0.25) is 0 Å². The van der Waals surface area contributed by atoms with Gasteiger partial charge >= 0.3 is 0 Å². The molecule has 0 bridgehead atoms. The van der Waals surface area contributed by atoms with Gasteiger partial charge in [0.2, 0.25) is 0 Å². The lowest BCUT2D eigenvalue weighted by atomic mass is 10.4. The van der Waals surface area contributed by atoms with Gasteiger partial charge in [-0.2, -0.15) is 0 Å². The minimum absolute atomic E-state index is 0.168. The van der Waals surface area contributed by atoms with Gasteiger partial charge in [0.15, 0.2) is 0 Å². The summed E-state index contributed by atoms with van der Waals surface area (Å²) in [4.78, 5) is 16.5. The Morgan fingerprint density at radius 3 is 2.94 bits per heavy atom. The van der Waals surface area contributed by atoms with Gasteiger partial charge in [-0.3, -0.25) is 10.1 Å². The molecule has 1 heterocycles. The Kier molecular flexibility index (Phi) is 5.56. The van der Waals surface area contributed by atoms with Crippen LogP contribution in [-0.2, 0) is 4.74 Å². The molecule has 0 aliphatic heterocycles. The highest BCUT2D eigenvalue weighted by Crippen LogP contribution is 2.07. The first kappa shape index (κ1) is 12.7. The fourth-order valence-electron chi connectivity index (χ4n) is 1.04. The number of amidine groups is 1. The van der Waals surface area contributed by atoms with Gasteiger partial charge in [-0.1, -0.05) is 13.0 Å². The molecule has 0 saturated carbocycles. The average Bonchev–Trinajstić information content (AvgIpc) is 2.79. The fourth-order valence-corrected chi connectivity index (χ4v) is 1.66. The summed E-state index contributed by atoms with van der Waals surface area (Å²) in [5, 5.41) is 4.51. The number of rotatable bonds is 4. The lowest BCUT2D eigenvalue weighted by Gasteiger charge is -2.07. The minimum Gasteiger partial charge on any atom is -0.465 e. The van der Waals surface area contributed by atoms with E-state index < -0.39 is 0 Å². The zero-order valence-corrected chi connectivity index (χ0v) is 10.3. The molecule has 0 aliphatic carbocycles. The number of ether oxygens (including phenoxy) is 1. The van der Waals surface area contributed by atoms with E-state index in [1.165, 1.54) is 11.3 Å². The summed E-state index contributed by atoms with van der Waals surface area (Å²) in [6.07, 6.45) is 0.922. The summed E-state index contributed by atoms with van der Waals surface area (Å²) in [5.41, 5.74) is 0. The molecule has 4 nitrogen and oxygen atoms in total. The summed E-state index contributed by atoms with van der Waals surface area (Å²) in [7, 11) is 0. The zero-order valence-electron chi connectivity index (χ0n) is 9.53. The maximum atomic E-state index is 11.7. The van der Waals surface area contributed by atoms with Crippen LogP contribution in [0, 0.1) is 0 Å². The Bertz CT molecular complexity index is 347. The molecule has 1 amide bonds. The molecule has 0 atom stereocenters. The van der Waals surface area contributed by atoms with Crippen LogP contribution in [-0.4, -0.2) is 25.1 Å². The number of thiophene rings is 1. The predicted molar refractivity (Wildman–Crippen MR) is 66.0 cm³/mol. The van der Waals surface area contributed by atoms with Crippen molar-refractivity contribution < 1.29 is 9.53 Å². The Morgan fingerprint density at radius 2 is 2.38 bits per heavy atom. The van der Waals surface area contributed by atoms with E-state index in [0.717, 1.165) is 6.42 Å². The highest BCUT2D eigenvalue weighted by atomic mass is 32.1. The third-order valence-corrected chi connectivity index (χ3v) is 2.59. The molecule has 1 aromatic heterocycles. The molecule has 16 heavy (non-hydrogen) atoms. The topological polar surface area (TPSA) is 50.7 Å². The molecule has 1 rings (SSSR count). The standard InChI is InChI=1S/C11H16N2O2S/c1-3-7-12-11(15-4-2)13-10(14)9-6-5-8-16-9/h5-6,8H,3-4,7H2,1-2H3,(H,12,13,14). The second-order valence-electron chi connectivity index (χ2n) is 3.05. The summed E-state index contributed by atoms with van der Waals surface area (Å²) in [6.45, 7) is 5.03. The number of carbonyl (C=O) groups excluding carboxylic acids is 1. The Morgan fingerprint density at radius 1 is 1.56 bits per heavy atom. The molecule has 0 spiro atoms. The number of amides is 1. The van der Waals surface area contributed by atoms with E-state index in [1.807, 2.05) is 25.3 Å². The van der Waals surface area contributed by atoms with Gasteiger partial charge in [0.25, 0.3) is 11.9 Å². The monoisotopic (exact) mass is 240 g/mol. The van der Waals surface area contributed by atoms with Gasteiger partial charge in [-0.05, 0) is 24.8 Å². The Hall–Kier alpha value is -1.36. The van der Waals surface area contributed by atoms with Crippen LogP contribution in [0.25, 0.3) is 0 Å². The number of hydrogen-bond acceptors (Lipinski definition) is 4. The van der Waals surface area contributed by atoms with Gasteiger partial charge in [-0.15, -0.1) is 11.3 Å². The van der Waals surface area contributed by atoms with Crippen molar-refractivity contribution in [2.24, 2.45) is 4.99 Å². The van der Waals surface area contributed by atoms with E-state index in [0.29, 0.717) is 24.1 Å². The number of nitrogens with one attached hydrogen (secondary N) is 1. The maximum absolute atomic E-state index is 11.7. The summed E-state index contributed by atoms with van der Waals surface area (Å²) in [5.74, 6) is -0.168. The van der Waals surface area contributed by atoms with Crippen LogP contribution >= 0.6 is 11.3 Å². The van der Waals surface area contributed by atoms with Crippen LogP contribution in [0.3, 0.4) is 0 Å². The first-order valence-electron chi connectivity index (χ1n) is 5.30. The predicted octanol–water partition coefficient (Wildman–Crippen LogP) is 2.28. The first-order valence-corrected chi connectivity index (χ1v) is 6.18. The van der Waals surface area contributed by atoms with Crippen molar-refractivity contribution in [2.75, 3.05) is 13.2 Å². The zero-order chi connectivity index (χ0) is 11.8. The highest BCUT2D eigenvalue weighted by Gasteiger charge is 2.09. The summed E-state index contributed by atoms with van der Waals surface area (Å²) < 4.78 is 5.24. The van der Waals surface area contributed by atoms with Crippen molar-refractivity contribution in [1.29, 1.82) is 0 Å². The van der Waals surface area contributed by atoms with E-state index in [9.17, 15) is 4.79 Å². The summed E-state index contributed by atoms with van der Waals surface area (Å²) >= 11 is 1.39. The molecule has 0 aliphatic rings. The van der Waals surface area contributed by atoms with Crippen LogP contribution in [0.15, 0.2) is 22.5 Å². The van der Waals surface area contributed by atoms with Gasteiger partial charge in [0.05, 0.1) is 11.5 Å². The molecular formula is C11H16N2O2S. The lowest BCUT2D eigenvalue weighted by molar-refractivity contribution is 0.0970. The molecule has 1 N–H and O–H groups in total. The van der Waals surface area contributed by atoms with E-state index in [-0.39, 0.29) is 5.91 Å². The molecule has 0 radical (unpaired) electrons. The van der Waals surface area contributed by atoms with Gasteiger partial charge in [-0.25, -0.2) is 4.99 Å². The van der Waals surface area contributed by atoms with E-state index in [4.69, 9.17) is 4.74 Å². The van der Waals surface area contributed by atoms with E-state index >= 15 is 0 Å². The summed E-state index contributed by atoms with van der Waals surface area (Å²) in [6, 6.07) is 3.91. The van der Waals surface area contributed by atoms with Crippen molar-refractivity contribution in [3.05, 3.63) is 22.4 Å². The third kappa shape index (κ3) is 4.02. The van der Waals surface area contributed by atoms with Crippen LogP contribution in [0.1, 0.15) is 29.9 Å². The number of aliphatic imine (C=N–C) groups is 1. The van der Waals surface area contributed by atoms with Gasteiger partial charge in [0.1, 0.15) is 0 Å². The average molecular weight is 240 g/mol. The number of nitrogens with zero attached hydrogens (tertiary/aromatic N) is 1. The molecule has 0 fully saturated rings. The third-order valence-electron chi connectivity index (χ3n) is 1.73. The van der Waals surface area contributed by atoms with Crippen molar-refractivity contribution in [3.8, 4) is 0 Å². The Labute approximate surface area is 99.3 Å². The second kappa shape index (κ2) is 7.00. The molecule has 0 saturated heterocycles. The molecule has 5 heteroatoms. The van der Waals surface area contributed by atoms with E-state index in [1.54, 1.807) is 6.07 Å². The van der Waals surface area contributed by atoms with Crippen LogP contribution in [0.5, 0.6) is 0 Å². The molecule has 0 unspecified atom stereocenters. The van der Waals surface area contributed by atoms with Crippen molar-refractivity contribution >= 4 is 23.3 Å². The highest BCUT2D eigenvalue weighted by molar-refractivity contribution is 7.12. The van der Waals surface area contributed by atoms with Gasteiger partial charge < -0.3 is 4.74 Å². The van der Waals surface area contributed by atoms with E-state index in [2.05, 4.69) is 10.3 Å². The van der Waals surface area contributed by atoms with Crippen molar-refractivity contribution in [1.82, 2.24) is 5.32 Å². The van der Waals surface area contributed by atoms with Crippen molar-refractivity contribution in [2.45, 2.75) is 20.3 Å². The smallest absolute Gasteiger partial charge is 0.291 e. The molecule has 0 aromatic carbocycles. The minimum atomic E-state index is -0.168. The number of hydrogen-bond donors (Lipinski definition) is 1. The molecule has 1 aromatic rings.